The number of phosphoric acid groups is 1. The van der Waals surface area contributed by atoms with E-state index in [1.807, 2.05) is 14.1 Å². The summed E-state index contributed by atoms with van der Waals surface area (Å²) < 4.78 is 15.6. The molecule has 1 atom stereocenters. The maximum Gasteiger partial charge on any atom is 0.469 e. The van der Waals surface area contributed by atoms with Crippen LogP contribution in [0.4, 0.5) is 0 Å². The third-order valence-corrected chi connectivity index (χ3v) is 5.60. The molecule has 0 aromatic rings. The summed E-state index contributed by atoms with van der Waals surface area (Å²) in [5, 5.41) is 10.5. The third-order valence-electron chi connectivity index (χ3n) is 5.13. The zero-order valence-electron chi connectivity index (χ0n) is 16.7. The fourth-order valence-electron chi connectivity index (χ4n) is 2.79. The number of unbranched alkanes of at least 4 members (excludes halogenated alkanes) is 10. The van der Waals surface area contributed by atoms with Gasteiger partial charge in [0, 0.05) is 6.92 Å². The number of hydrogen-bond donors (Lipinski definition) is 3. The highest BCUT2D eigenvalue weighted by atomic mass is 31.2. The van der Waals surface area contributed by atoms with Crippen molar-refractivity contribution < 1.29 is 28.5 Å². The van der Waals surface area contributed by atoms with Crippen LogP contribution < -0.4 is 0 Å². The Labute approximate surface area is 154 Å². The topological polar surface area (TPSA) is 87.0 Å². The maximum atomic E-state index is 10.8. The van der Waals surface area contributed by atoms with Gasteiger partial charge in [0.15, 0.2) is 0 Å². The van der Waals surface area contributed by atoms with E-state index < -0.39 is 13.5 Å². The van der Waals surface area contributed by atoms with Crippen LogP contribution >= 0.6 is 7.82 Å². The number of nitrogens with zero attached hydrogens (tertiary/aromatic N) is 1. The van der Waals surface area contributed by atoms with Gasteiger partial charge in [0.1, 0.15) is 6.61 Å². The highest BCUT2D eigenvalue weighted by molar-refractivity contribution is 7.46. The molecule has 0 aromatic heterocycles. The molecule has 0 spiro atoms. The molecule has 152 valence electrons. The predicted molar refractivity (Wildman–Crippen MR) is 102 cm³/mol. The van der Waals surface area contributed by atoms with Crippen LogP contribution in [0.2, 0.25) is 0 Å². The molecular weight excluding hydrogens is 341 g/mol. The minimum Gasteiger partial charge on any atom is -0.341 e. The number of likely N-dealkylation sites (N-methyl/N-ethyl adjacent to an activating group) is 1. The van der Waals surface area contributed by atoms with Gasteiger partial charge >= 0.3 is 7.82 Å². The van der Waals surface area contributed by atoms with Gasteiger partial charge in [-0.25, -0.2) is 4.57 Å². The maximum absolute atomic E-state index is 10.8. The van der Waals surface area contributed by atoms with Crippen molar-refractivity contribution in [3.05, 3.63) is 0 Å². The van der Waals surface area contributed by atoms with Crippen LogP contribution in [0.1, 0.15) is 84.5 Å². The summed E-state index contributed by atoms with van der Waals surface area (Å²) in [6, 6.07) is 0. The Bertz CT molecular complexity index is 382. The molecule has 0 aliphatic heterocycles. The van der Waals surface area contributed by atoms with Gasteiger partial charge < -0.3 is 14.9 Å². The van der Waals surface area contributed by atoms with E-state index >= 15 is 0 Å². The first-order valence-electron chi connectivity index (χ1n) is 9.77. The van der Waals surface area contributed by atoms with E-state index in [2.05, 4.69) is 11.4 Å². The molecule has 0 fully saturated rings. The van der Waals surface area contributed by atoms with Gasteiger partial charge in [-0.05, 0) is 12.8 Å². The SMILES string of the molecule is CCCCCCCCCCCCC[N+](C)(C)C(C)(O)COP(=O)(O)O. The Kier molecular flexibility index (Phi) is 12.4. The third kappa shape index (κ3) is 12.9. The van der Waals surface area contributed by atoms with Gasteiger partial charge in [0.05, 0.1) is 20.6 Å². The molecule has 6 nitrogen and oxygen atoms in total. The number of quaternary nitrogens is 1. The van der Waals surface area contributed by atoms with E-state index in [1.54, 1.807) is 6.92 Å². The summed E-state index contributed by atoms with van der Waals surface area (Å²) in [5.41, 5.74) is -1.33. The summed E-state index contributed by atoms with van der Waals surface area (Å²) in [6.07, 6.45) is 14.0. The molecule has 0 aliphatic rings. The number of phosphoric ester groups is 1. The Balaban J connectivity index is 3.79. The van der Waals surface area contributed by atoms with Crippen LogP contribution in [-0.4, -0.2) is 52.3 Å². The van der Waals surface area contributed by atoms with Crippen LogP contribution in [0.5, 0.6) is 0 Å². The average molecular weight is 383 g/mol. The van der Waals surface area contributed by atoms with E-state index in [0.717, 1.165) is 19.4 Å². The van der Waals surface area contributed by atoms with Gasteiger partial charge in [-0.3, -0.25) is 9.01 Å². The van der Waals surface area contributed by atoms with Gasteiger partial charge in [-0.15, -0.1) is 0 Å². The molecule has 3 N–H and O–H groups in total. The Morgan fingerprint density at radius 3 is 1.68 bits per heavy atom. The van der Waals surface area contributed by atoms with E-state index in [4.69, 9.17) is 9.79 Å². The van der Waals surface area contributed by atoms with E-state index in [0.29, 0.717) is 0 Å². The number of hydrogen-bond acceptors (Lipinski definition) is 3. The monoisotopic (exact) mass is 382 g/mol. The van der Waals surface area contributed by atoms with Gasteiger partial charge in [-0.2, -0.15) is 0 Å². The Hall–Kier alpha value is 0.0300. The minimum absolute atomic E-state index is 0.254. The Morgan fingerprint density at radius 2 is 1.28 bits per heavy atom. The zero-order valence-corrected chi connectivity index (χ0v) is 17.6. The predicted octanol–water partition coefficient (Wildman–Crippen LogP) is 4.19. The smallest absolute Gasteiger partial charge is 0.341 e. The molecule has 0 rings (SSSR count). The zero-order chi connectivity index (χ0) is 19.4. The summed E-state index contributed by atoms with van der Waals surface area (Å²) in [5.74, 6) is 0. The molecule has 25 heavy (non-hydrogen) atoms. The fourth-order valence-corrected chi connectivity index (χ4v) is 3.21. The quantitative estimate of drug-likeness (QED) is 0.161. The molecule has 0 heterocycles. The van der Waals surface area contributed by atoms with Crippen molar-refractivity contribution in [2.75, 3.05) is 27.2 Å². The number of rotatable bonds is 16. The van der Waals surface area contributed by atoms with Crippen molar-refractivity contribution in [2.24, 2.45) is 0 Å². The summed E-state index contributed by atoms with van der Waals surface area (Å²) in [7, 11) is -0.838. The highest BCUT2D eigenvalue weighted by Gasteiger charge is 2.40. The first-order chi connectivity index (χ1) is 11.5. The van der Waals surface area contributed by atoms with Crippen LogP contribution in [-0.2, 0) is 9.09 Å². The van der Waals surface area contributed by atoms with Crippen molar-refractivity contribution in [1.82, 2.24) is 0 Å². The molecule has 0 aliphatic carbocycles. The summed E-state index contributed by atoms with van der Waals surface area (Å²) in [4.78, 5) is 17.6. The highest BCUT2D eigenvalue weighted by Crippen LogP contribution is 2.37. The average Bonchev–Trinajstić information content (AvgIpc) is 2.50. The lowest BCUT2D eigenvalue weighted by molar-refractivity contribution is -0.965. The van der Waals surface area contributed by atoms with Crippen molar-refractivity contribution >= 4 is 7.82 Å². The largest absolute Gasteiger partial charge is 0.469 e. The lowest BCUT2D eigenvalue weighted by atomic mass is 10.1. The molecular formula is C18H41NO5P+. The van der Waals surface area contributed by atoms with Crippen molar-refractivity contribution in [2.45, 2.75) is 90.2 Å². The lowest BCUT2D eigenvalue weighted by Crippen LogP contribution is -2.60. The first kappa shape index (κ1) is 25.0. The normalized spacial score (nSPS) is 15.3. The van der Waals surface area contributed by atoms with Gasteiger partial charge in [-0.1, -0.05) is 64.7 Å². The second kappa shape index (κ2) is 12.4. The van der Waals surface area contributed by atoms with E-state index in [-0.39, 0.29) is 11.1 Å². The molecule has 0 aromatic carbocycles. The molecule has 1 unspecified atom stereocenters. The van der Waals surface area contributed by atoms with Crippen LogP contribution in [0.15, 0.2) is 0 Å². The van der Waals surface area contributed by atoms with Crippen molar-refractivity contribution in [3.8, 4) is 0 Å². The molecule has 0 saturated heterocycles. The second-order valence-corrected chi connectivity index (χ2v) is 9.16. The summed E-state index contributed by atoms with van der Waals surface area (Å²) in [6.45, 7) is 4.15. The first-order valence-corrected chi connectivity index (χ1v) is 11.3. The molecule has 0 radical (unpaired) electrons. The van der Waals surface area contributed by atoms with E-state index in [9.17, 15) is 9.67 Å². The molecule has 0 saturated carbocycles. The summed E-state index contributed by atoms with van der Waals surface area (Å²) >= 11 is 0. The van der Waals surface area contributed by atoms with Gasteiger partial charge in [0.25, 0.3) is 0 Å². The fraction of sp³-hybridized carbons (Fsp3) is 1.00. The van der Waals surface area contributed by atoms with Crippen molar-refractivity contribution in [3.63, 3.8) is 0 Å². The standard InChI is InChI=1S/C18H40NO5P/c1-5-6-7-8-9-10-11-12-13-14-15-16-19(3,4)18(2,20)17-24-25(21,22)23/h20H,5-17H2,1-4H3,(H-,21,22,23)/p+1. The minimum atomic E-state index is -4.56. The van der Waals surface area contributed by atoms with Gasteiger partial charge in [0.2, 0.25) is 5.72 Å². The van der Waals surface area contributed by atoms with Crippen LogP contribution in [0.25, 0.3) is 0 Å². The number of aliphatic hydroxyl groups is 1. The second-order valence-electron chi connectivity index (χ2n) is 7.93. The van der Waals surface area contributed by atoms with E-state index in [1.165, 1.54) is 57.8 Å². The lowest BCUT2D eigenvalue weighted by Gasteiger charge is -2.42. The van der Waals surface area contributed by atoms with Crippen LogP contribution in [0.3, 0.4) is 0 Å². The molecule has 7 heteroatoms. The van der Waals surface area contributed by atoms with Crippen LogP contribution in [0, 0.1) is 0 Å². The van der Waals surface area contributed by atoms with Crippen molar-refractivity contribution in [1.29, 1.82) is 0 Å². The molecule has 0 amide bonds. The Morgan fingerprint density at radius 1 is 0.880 bits per heavy atom. The molecule has 0 bridgehead atoms.